The normalized spacial score (nSPS) is 13.1. The Morgan fingerprint density at radius 3 is 2.16 bits per heavy atom. The van der Waals surface area contributed by atoms with Crippen LogP contribution in [0.5, 0.6) is 0 Å². The Bertz CT molecular complexity index is 1800. The molecule has 0 bridgehead atoms. The third kappa shape index (κ3) is 7.43. The van der Waals surface area contributed by atoms with Crippen molar-refractivity contribution in [1.29, 1.82) is 10.5 Å². The van der Waals surface area contributed by atoms with Gasteiger partial charge in [0.05, 0.1) is 52.4 Å². The molecule has 4 aromatic rings. The summed E-state index contributed by atoms with van der Waals surface area (Å²) < 4.78 is 31.5. The summed E-state index contributed by atoms with van der Waals surface area (Å²) in [5, 5.41) is 22.4. The topological polar surface area (TPSA) is 121 Å². The highest BCUT2D eigenvalue weighted by Crippen LogP contribution is 2.29. The molecular weight excluding hydrogens is 605 g/mol. The van der Waals surface area contributed by atoms with E-state index in [1.54, 1.807) is 24.7 Å². The number of nitriles is 2. The minimum atomic E-state index is -4.01. The monoisotopic (exact) mass is 638 g/mol. The van der Waals surface area contributed by atoms with Crippen molar-refractivity contribution in [2.24, 2.45) is 0 Å². The molecule has 0 aliphatic carbocycles. The van der Waals surface area contributed by atoms with E-state index in [0.717, 1.165) is 55.5 Å². The van der Waals surface area contributed by atoms with Crippen LogP contribution < -0.4 is 14.5 Å². The Hall–Kier alpha value is -4.91. The van der Waals surface area contributed by atoms with Crippen molar-refractivity contribution in [1.82, 2.24) is 19.8 Å². The predicted molar refractivity (Wildman–Crippen MR) is 178 cm³/mol. The van der Waals surface area contributed by atoms with Crippen LogP contribution in [0.1, 0.15) is 35.7 Å². The van der Waals surface area contributed by atoms with Gasteiger partial charge in [-0.25, -0.2) is 13.4 Å². The summed E-state index contributed by atoms with van der Waals surface area (Å²) in [6.45, 7) is 6.69. The lowest BCUT2D eigenvalue weighted by molar-refractivity contribution is 0.380. The van der Waals surface area contributed by atoms with Gasteiger partial charge in [-0.15, -0.1) is 0 Å². The van der Waals surface area contributed by atoms with Crippen molar-refractivity contribution in [2.75, 3.05) is 41.9 Å². The highest BCUT2D eigenvalue weighted by Gasteiger charge is 2.27. The average molecular weight is 639 g/mol. The van der Waals surface area contributed by atoms with E-state index in [2.05, 4.69) is 33.1 Å². The van der Waals surface area contributed by atoms with Crippen LogP contribution in [0.2, 0.25) is 0 Å². The first kappa shape index (κ1) is 31.5. The highest BCUT2D eigenvalue weighted by molar-refractivity contribution is 7.92. The van der Waals surface area contributed by atoms with Crippen LogP contribution in [-0.4, -0.2) is 60.7 Å². The van der Waals surface area contributed by atoms with Gasteiger partial charge in [-0.1, -0.05) is 19.1 Å². The van der Waals surface area contributed by atoms with Crippen LogP contribution in [0, 0.1) is 22.7 Å². The average Bonchev–Trinajstić information content (AvgIpc) is 3.52. The highest BCUT2D eigenvalue weighted by atomic mass is 32.2. The number of anilines is 2. The lowest BCUT2D eigenvalue weighted by Crippen LogP contribution is -2.51. The summed E-state index contributed by atoms with van der Waals surface area (Å²) in [4.78, 5) is 8.86. The van der Waals surface area contributed by atoms with Crippen molar-refractivity contribution in [3.05, 3.63) is 108 Å². The van der Waals surface area contributed by atoms with E-state index < -0.39 is 10.0 Å². The summed E-state index contributed by atoms with van der Waals surface area (Å²) in [7, 11) is -4.01. The first-order valence-electron chi connectivity index (χ1n) is 14.7. The standard InChI is InChI=1S/C33H34N8O2S2/c1-2-15-37-33(44)39-18-16-38(17-19-39)29-9-11-30(12-10-29)41(45(42,43)32-13-7-27(21-35)8-14-32)24-31-22-36-25-40(31)23-28-5-3-26(20-34)4-6-28/h3-14,22,25H,2,15-19,23-24H2,1H3,(H,37,44). The van der Waals surface area contributed by atoms with E-state index in [0.29, 0.717) is 29.1 Å². The fourth-order valence-corrected chi connectivity index (χ4v) is 6.86. The number of hydrogen-bond acceptors (Lipinski definition) is 7. The maximum atomic E-state index is 14.1. The third-order valence-electron chi connectivity index (χ3n) is 7.71. The predicted octanol–water partition coefficient (Wildman–Crippen LogP) is 4.48. The molecule has 0 atom stereocenters. The van der Waals surface area contributed by atoms with Crippen molar-refractivity contribution >= 4 is 38.7 Å². The van der Waals surface area contributed by atoms with Gasteiger partial charge in [0.2, 0.25) is 0 Å². The zero-order valence-corrected chi connectivity index (χ0v) is 26.6. The number of thiocarbonyl (C=S) groups is 1. The Kier molecular flexibility index (Phi) is 9.98. The zero-order chi connectivity index (χ0) is 31.8. The molecule has 0 radical (unpaired) electrons. The molecule has 45 heavy (non-hydrogen) atoms. The SMILES string of the molecule is CCCNC(=S)N1CCN(c2ccc(N(Cc3cncn3Cc3ccc(C#N)cc3)S(=O)(=O)c3ccc(C#N)cc3)cc2)CC1. The lowest BCUT2D eigenvalue weighted by Gasteiger charge is -2.37. The second kappa shape index (κ2) is 14.2. The van der Waals surface area contributed by atoms with E-state index in [1.165, 1.54) is 28.6 Å². The quantitative estimate of drug-likeness (QED) is 0.251. The fourth-order valence-electron chi connectivity index (χ4n) is 5.14. The number of rotatable bonds is 10. The molecule has 230 valence electrons. The number of benzene rings is 3. The molecule has 5 rings (SSSR count). The minimum Gasteiger partial charge on any atom is -0.368 e. The number of aromatic nitrogens is 2. The van der Waals surface area contributed by atoms with Gasteiger partial charge in [-0.2, -0.15) is 10.5 Å². The number of sulfonamides is 1. The summed E-state index contributed by atoms with van der Waals surface area (Å²) in [6, 6.07) is 24.9. The largest absolute Gasteiger partial charge is 0.368 e. The van der Waals surface area contributed by atoms with Crippen LogP contribution in [0.15, 0.2) is 90.2 Å². The number of imidazole rings is 1. The summed E-state index contributed by atoms with van der Waals surface area (Å²) >= 11 is 5.53. The van der Waals surface area contributed by atoms with Crippen LogP contribution in [0.4, 0.5) is 11.4 Å². The Balaban J connectivity index is 1.39. The zero-order valence-electron chi connectivity index (χ0n) is 25.0. The number of nitrogens with one attached hydrogen (secondary N) is 1. The third-order valence-corrected chi connectivity index (χ3v) is 9.90. The molecule has 0 saturated carbocycles. The maximum absolute atomic E-state index is 14.1. The molecule has 0 amide bonds. The first-order valence-corrected chi connectivity index (χ1v) is 16.6. The van der Waals surface area contributed by atoms with E-state index in [-0.39, 0.29) is 11.4 Å². The molecule has 1 fully saturated rings. The summed E-state index contributed by atoms with van der Waals surface area (Å²) in [5.41, 5.74) is 4.13. The lowest BCUT2D eigenvalue weighted by atomic mass is 10.1. The molecule has 12 heteroatoms. The molecule has 1 aromatic heterocycles. The van der Waals surface area contributed by atoms with E-state index in [4.69, 9.17) is 17.5 Å². The van der Waals surface area contributed by atoms with Gasteiger partial charge in [0.25, 0.3) is 10.0 Å². The van der Waals surface area contributed by atoms with Crippen molar-refractivity contribution in [3.8, 4) is 12.1 Å². The smallest absolute Gasteiger partial charge is 0.264 e. The molecule has 2 heterocycles. The molecule has 10 nitrogen and oxygen atoms in total. The summed E-state index contributed by atoms with van der Waals surface area (Å²) in [6.07, 6.45) is 4.36. The first-order chi connectivity index (χ1) is 21.8. The van der Waals surface area contributed by atoms with Gasteiger partial charge in [-0.3, -0.25) is 4.31 Å². The molecular formula is C33H34N8O2S2. The van der Waals surface area contributed by atoms with Gasteiger partial charge >= 0.3 is 0 Å². The van der Waals surface area contributed by atoms with Crippen molar-refractivity contribution < 1.29 is 8.42 Å². The molecule has 1 N–H and O–H groups in total. The van der Waals surface area contributed by atoms with Gasteiger partial charge in [0.1, 0.15) is 0 Å². The second-order valence-corrected chi connectivity index (χ2v) is 12.9. The number of hydrogen-bond donors (Lipinski definition) is 1. The number of nitrogens with zero attached hydrogens (tertiary/aromatic N) is 7. The molecule has 0 spiro atoms. The van der Waals surface area contributed by atoms with Crippen LogP contribution in [-0.2, 0) is 23.1 Å². The van der Waals surface area contributed by atoms with E-state index >= 15 is 0 Å². The Labute approximate surface area is 269 Å². The number of piperazine rings is 1. The van der Waals surface area contributed by atoms with Gasteiger partial charge in [0, 0.05) is 51.2 Å². The molecule has 1 aliphatic heterocycles. The van der Waals surface area contributed by atoms with Gasteiger partial charge < -0.3 is 19.7 Å². The molecule has 1 aliphatic rings. The Morgan fingerprint density at radius 2 is 1.56 bits per heavy atom. The molecule has 1 saturated heterocycles. The van der Waals surface area contributed by atoms with E-state index in [9.17, 15) is 13.7 Å². The van der Waals surface area contributed by atoms with Crippen LogP contribution in [0.25, 0.3) is 0 Å². The summed E-state index contributed by atoms with van der Waals surface area (Å²) in [5.74, 6) is 0. The Morgan fingerprint density at radius 1 is 0.933 bits per heavy atom. The van der Waals surface area contributed by atoms with Crippen LogP contribution in [0.3, 0.4) is 0 Å². The second-order valence-electron chi connectivity index (χ2n) is 10.7. The van der Waals surface area contributed by atoms with Crippen molar-refractivity contribution in [3.63, 3.8) is 0 Å². The molecule has 3 aromatic carbocycles. The van der Waals surface area contributed by atoms with Gasteiger partial charge in [0.15, 0.2) is 5.11 Å². The maximum Gasteiger partial charge on any atom is 0.264 e. The van der Waals surface area contributed by atoms with Crippen molar-refractivity contribution in [2.45, 2.75) is 31.3 Å². The van der Waals surface area contributed by atoms with Gasteiger partial charge in [-0.05, 0) is 84.9 Å². The minimum absolute atomic E-state index is 0.0405. The van der Waals surface area contributed by atoms with Crippen LogP contribution >= 0.6 is 12.2 Å². The van der Waals surface area contributed by atoms with E-state index in [1.807, 2.05) is 47.0 Å². The fraction of sp³-hybridized carbons (Fsp3) is 0.273. The molecule has 0 unspecified atom stereocenters.